The van der Waals surface area contributed by atoms with Gasteiger partial charge in [0.05, 0.1) is 10.6 Å². The second-order valence-electron chi connectivity index (χ2n) is 7.31. The normalized spacial score (nSPS) is 18.5. The molecule has 0 radical (unpaired) electrons. The molecule has 2 aliphatic carbocycles. The van der Waals surface area contributed by atoms with Gasteiger partial charge in [0.15, 0.2) is 9.92 Å². The van der Waals surface area contributed by atoms with Crippen molar-refractivity contribution in [2.75, 3.05) is 12.5 Å². The molecule has 2 atom stereocenters. The molecule has 27 heavy (non-hydrogen) atoms. The summed E-state index contributed by atoms with van der Waals surface area (Å²) in [6.07, 6.45) is 6.37. The largest absolute Gasteiger partial charge is 0.587 e. The standard InChI is InChI=1S/C20H26N4O2S/c1-14-9-11-17(12-10-14)27(26,21-2)23-24(25)22-20-18-7-3-5-15(18)13-16-6-4-8-19(16)20/h9-13,22,24H,3-8H2,1-2H3,(H,21,23,26). The lowest BCUT2D eigenvalue weighted by atomic mass is 9.99. The fraction of sp³-hybridized carbons (Fsp3) is 0.400. The molecule has 0 heterocycles. The average molecular weight is 387 g/mol. The number of nitrogens with one attached hydrogen (secondary N) is 3. The minimum atomic E-state index is -3.01. The maximum absolute atomic E-state index is 13.2. The van der Waals surface area contributed by atoms with Crippen LogP contribution in [0.25, 0.3) is 0 Å². The fourth-order valence-electron chi connectivity index (χ4n) is 4.16. The van der Waals surface area contributed by atoms with Crippen LogP contribution in [0.15, 0.2) is 39.6 Å². The number of hydrogen-bond donors (Lipinski definition) is 3. The summed E-state index contributed by atoms with van der Waals surface area (Å²) in [5, 5.41) is 12.3. The Bertz CT molecular complexity index is 946. The predicted octanol–water partition coefficient (Wildman–Crippen LogP) is 2.26. The highest BCUT2D eigenvalue weighted by atomic mass is 32.2. The van der Waals surface area contributed by atoms with Gasteiger partial charge in [-0.1, -0.05) is 23.8 Å². The zero-order valence-corrected chi connectivity index (χ0v) is 16.6. The third-order valence-corrected chi connectivity index (χ3v) is 7.43. The summed E-state index contributed by atoms with van der Waals surface area (Å²) in [5.74, 6) is 0. The first-order valence-electron chi connectivity index (χ1n) is 9.47. The zero-order valence-electron chi connectivity index (χ0n) is 15.8. The van der Waals surface area contributed by atoms with E-state index in [0.717, 1.165) is 49.8 Å². The predicted molar refractivity (Wildman–Crippen MR) is 108 cm³/mol. The zero-order chi connectivity index (χ0) is 19.0. The van der Waals surface area contributed by atoms with Crippen molar-refractivity contribution in [2.45, 2.75) is 50.3 Å². The molecule has 0 aliphatic heterocycles. The minimum Gasteiger partial charge on any atom is -0.587 e. The van der Waals surface area contributed by atoms with E-state index in [0.29, 0.717) is 4.90 Å². The monoisotopic (exact) mass is 386 g/mol. The van der Waals surface area contributed by atoms with Gasteiger partial charge in [-0.15, -0.1) is 0 Å². The first kappa shape index (κ1) is 18.4. The molecule has 0 fully saturated rings. The molecule has 3 N–H and O–H groups in total. The highest BCUT2D eigenvalue weighted by molar-refractivity contribution is 7.91. The van der Waals surface area contributed by atoms with E-state index in [4.69, 9.17) is 0 Å². The van der Waals surface area contributed by atoms with Crippen molar-refractivity contribution in [3.63, 3.8) is 0 Å². The summed E-state index contributed by atoms with van der Waals surface area (Å²) in [5.41, 5.74) is 10.2. The van der Waals surface area contributed by atoms with Gasteiger partial charge in [0.2, 0.25) is 0 Å². The summed E-state index contributed by atoms with van der Waals surface area (Å²) in [6, 6.07) is 9.57. The average Bonchev–Trinajstić information content (AvgIpc) is 3.31. The number of hydrogen-bond acceptors (Lipinski definition) is 4. The lowest BCUT2D eigenvalue weighted by molar-refractivity contribution is -0.856. The molecule has 144 valence electrons. The van der Waals surface area contributed by atoms with Crippen LogP contribution in [0, 0.1) is 12.1 Å². The summed E-state index contributed by atoms with van der Waals surface area (Å²) in [6.45, 7) is 1.96. The van der Waals surface area contributed by atoms with Gasteiger partial charge in [-0.25, -0.2) is 14.0 Å². The maximum Gasteiger partial charge on any atom is 0.182 e. The summed E-state index contributed by atoms with van der Waals surface area (Å²) in [7, 11) is -1.53. The van der Waals surface area contributed by atoms with E-state index in [1.54, 1.807) is 12.1 Å². The number of fused-ring (bicyclic) bond motifs is 2. The lowest BCUT2D eigenvalue weighted by Gasteiger charge is -2.27. The van der Waals surface area contributed by atoms with Gasteiger partial charge in [0.1, 0.15) is 0 Å². The van der Waals surface area contributed by atoms with Crippen molar-refractivity contribution >= 4 is 15.6 Å². The van der Waals surface area contributed by atoms with Crippen molar-refractivity contribution < 1.29 is 9.49 Å². The molecule has 2 aromatic rings. The molecule has 0 saturated heterocycles. The Morgan fingerprint density at radius 2 is 1.63 bits per heavy atom. The Kier molecular flexibility index (Phi) is 4.94. The molecule has 0 amide bonds. The van der Waals surface area contributed by atoms with Gasteiger partial charge >= 0.3 is 0 Å². The lowest BCUT2D eigenvalue weighted by Crippen LogP contribution is -3.17. The van der Waals surface area contributed by atoms with Crippen LogP contribution in [0.3, 0.4) is 0 Å². The Hall–Kier alpha value is -1.93. The van der Waals surface area contributed by atoms with E-state index in [1.165, 1.54) is 29.3 Å². The molecule has 4 rings (SSSR count). The van der Waals surface area contributed by atoms with Crippen LogP contribution in [-0.2, 0) is 35.6 Å². The van der Waals surface area contributed by atoms with E-state index in [1.807, 2.05) is 19.1 Å². The van der Waals surface area contributed by atoms with Crippen LogP contribution in [0.1, 0.15) is 40.7 Å². The molecular weight excluding hydrogens is 360 g/mol. The smallest absolute Gasteiger partial charge is 0.182 e. The SMILES string of the molecule is CN=S(=O)(N[NH+]([O-])Nc1c2c(cc3c1CCC3)CCC2)c1ccc(C)cc1. The topological polar surface area (TPSA) is 81.0 Å². The molecule has 2 unspecified atom stereocenters. The van der Waals surface area contributed by atoms with E-state index in [-0.39, 0.29) is 0 Å². The van der Waals surface area contributed by atoms with E-state index in [9.17, 15) is 9.42 Å². The molecule has 0 saturated carbocycles. The molecule has 2 aliphatic rings. The Labute approximate surface area is 160 Å². The number of nitrogens with zero attached hydrogens (tertiary/aromatic N) is 1. The Morgan fingerprint density at radius 1 is 1.04 bits per heavy atom. The van der Waals surface area contributed by atoms with Gasteiger partial charge in [0.25, 0.3) is 0 Å². The quantitative estimate of drug-likeness (QED) is 0.690. The number of benzene rings is 2. The van der Waals surface area contributed by atoms with Gasteiger partial charge in [-0.2, -0.15) is 5.28 Å². The van der Waals surface area contributed by atoms with E-state index < -0.39 is 15.2 Å². The van der Waals surface area contributed by atoms with Crippen LogP contribution in [0.2, 0.25) is 0 Å². The van der Waals surface area contributed by atoms with Crippen molar-refractivity contribution in [1.29, 1.82) is 0 Å². The summed E-state index contributed by atoms with van der Waals surface area (Å²) >= 11 is 0. The van der Waals surface area contributed by atoms with Gasteiger partial charge < -0.3 is 5.21 Å². The first-order chi connectivity index (χ1) is 13.0. The van der Waals surface area contributed by atoms with Crippen molar-refractivity contribution in [3.05, 3.63) is 63.4 Å². The highest BCUT2D eigenvalue weighted by Crippen LogP contribution is 2.37. The molecule has 6 nitrogen and oxygen atoms in total. The summed E-state index contributed by atoms with van der Waals surface area (Å²) in [4.78, 5) is 3.13. The van der Waals surface area contributed by atoms with Crippen LogP contribution < -0.4 is 15.5 Å². The van der Waals surface area contributed by atoms with Crippen molar-refractivity contribution in [3.8, 4) is 0 Å². The third-order valence-electron chi connectivity index (χ3n) is 5.54. The molecular formula is C20H26N4O2S. The maximum atomic E-state index is 13.2. The first-order valence-corrected chi connectivity index (χ1v) is 11.0. The van der Waals surface area contributed by atoms with E-state index >= 15 is 0 Å². The number of rotatable bonds is 5. The molecule has 7 heteroatoms. The fourth-order valence-corrected chi connectivity index (χ4v) is 5.39. The van der Waals surface area contributed by atoms with Gasteiger partial charge in [0, 0.05) is 7.05 Å². The van der Waals surface area contributed by atoms with Gasteiger partial charge in [-0.3, -0.25) is 0 Å². The number of quaternary nitrogens is 1. The molecule has 0 aromatic heterocycles. The molecule has 0 bridgehead atoms. The third kappa shape index (κ3) is 3.48. The number of anilines is 1. The molecule has 2 aromatic carbocycles. The second-order valence-corrected chi connectivity index (χ2v) is 9.40. The van der Waals surface area contributed by atoms with Gasteiger partial charge in [-0.05, 0) is 84.7 Å². The number of aryl methyl sites for hydroxylation is 3. The van der Waals surface area contributed by atoms with Crippen molar-refractivity contribution in [1.82, 2.24) is 4.83 Å². The van der Waals surface area contributed by atoms with Crippen LogP contribution in [0.5, 0.6) is 0 Å². The minimum absolute atomic E-state index is 0.458. The summed E-state index contributed by atoms with van der Waals surface area (Å²) < 4.78 is 17.2. The Morgan fingerprint density at radius 3 is 2.19 bits per heavy atom. The highest BCUT2D eigenvalue weighted by Gasteiger charge is 2.26. The second kappa shape index (κ2) is 7.24. The van der Waals surface area contributed by atoms with Crippen LogP contribution in [-0.4, -0.2) is 11.3 Å². The molecule has 0 spiro atoms. The van der Waals surface area contributed by atoms with Crippen molar-refractivity contribution in [2.24, 2.45) is 4.36 Å². The van der Waals surface area contributed by atoms with Crippen LogP contribution >= 0.6 is 0 Å². The Balaban J connectivity index is 1.61. The van der Waals surface area contributed by atoms with E-state index in [2.05, 4.69) is 20.7 Å². The van der Waals surface area contributed by atoms with Crippen LogP contribution in [0.4, 0.5) is 5.69 Å².